The molecule has 0 aliphatic carbocycles. The molecule has 4 rings (SSSR count). The van der Waals surface area contributed by atoms with Crippen molar-refractivity contribution in [3.8, 4) is 22.8 Å². The first-order chi connectivity index (χ1) is 11.8. The summed E-state index contributed by atoms with van der Waals surface area (Å²) in [5, 5.41) is 4.12. The maximum atomic E-state index is 5.55. The molecule has 0 amide bonds. The zero-order valence-corrected chi connectivity index (χ0v) is 13.3. The minimum absolute atomic E-state index is 0.284. The van der Waals surface area contributed by atoms with Gasteiger partial charge in [-0.1, -0.05) is 17.3 Å². The Hall–Kier alpha value is -2.86. The van der Waals surface area contributed by atoms with Crippen LogP contribution in [0.5, 0.6) is 11.5 Å². The number of ether oxygens (including phenoxy) is 2. The Morgan fingerprint density at radius 2 is 2.08 bits per heavy atom. The summed E-state index contributed by atoms with van der Waals surface area (Å²) in [6.07, 6.45) is 3.51. The van der Waals surface area contributed by atoms with Gasteiger partial charge in [0, 0.05) is 36.1 Å². The van der Waals surface area contributed by atoms with E-state index < -0.39 is 0 Å². The summed E-state index contributed by atoms with van der Waals surface area (Å²) < 4.78 is 16.4. The number of rotatable bonds is 5. The van der Waals surface area contributed by atoms with Crippen LogP contribution < -0.4 is 9.47 Å². The molecular weight excluding hydrogens is 306 g/mol. The highest BCUT2D eigenvalue weighted by Crippen LogP contribution is 2.35. The lowest BCUT2D eigenvalue weighted by atomic mass is 10.1. The number of benzene rings is 1. The minimum Gasteiger partial charge on any atom is -0.454 e. The molecule has 0 saturated heterocycles. The van der Waals surface area contributed by atoms with Gasteiger partial charge < -0.3 is 14.0 Å². The van der Waals surface area contributed by atoms with Crippen LogP contribution in [0.3, 0.4) is 0 Å². The third-order valence-corrected chi connectivity index (χ3v) is 3.86. The number of hydrogen-bond donors (Lipinski definition) is 0. The van der Waals surface area contributed by atoms with E-state index in [0.29, 0.717) is 6.54 Å². The molecule has 0 atom stereocenters. The van der Waals surface area contributed by atoms with E-state index >= 15 is 0 Å². The molecule has 0 bridgehead atoms. The maximum absolute atomic E-state index is 5.55. The summed E-state index contributed by atoms with van der Waals surface area (Å²) in [6.45, 7) is 1.67. The average molecular weight is 323 g/mol. The summed E-state index contributed by atoms with van der Waals surface area (Å²) >= 11 is 0. The number of nitrogens with zero attached hydrogens (tertiary/aromatic N) is 3. The van der Waals surface area contributed by atoms with Gasteiger partial charge in [-0.05, 0) is 25.2 Å². The molecule has 1 aliphatic rings. The number of pyridine rings is 1. The van der Waals surface area contributed by atoms with E-state index in [1.54, 1.807) is 12.4 Å². The Kier molecular flexibility index (Phi) is 3.88. The molecule has 1 aliphatic heterocycles. The van der Waals surface area contributed by atoms with Crippen LogP contribution in [0, 0.1) is 0 Å². The molecule has 0 fully saturated rings. The first-order valence-corrected chi connectivity index (χ1v) is 7.71. The molecule has 2 aromatic heterocycles. The van der Waals surface area contributed by atoms with Gasteiger partial charge in [0.2, 0.25) is 6.79 Å². The van der Waals surface area contributed by atoms with Gasteiger partial charge in [-0.3, -0.25) is 9.88 Å². The summed E-state index contributed by atoms with van der Waals surface area (Å²) in [4.78, 5) is 6.25. The van der Waals surface area contributed by atoms with Crippen LogP contribution in [0.1, 0.15) is 11.3 Å². The van der Waals surface area contributed by atoms with Crippen LogP contribution in [-0.2, 0) is 13.1 Å². The van der Waals surface area contributed by atoms with Gasteiger partial charge in [-0.25, -0.2) is 0 Å². The first-order valence-electron chi connectivity index (χ1n) is 7.71. The largest absolute Gasteiger partial charge is 0.454 e. The Morgan fingerprint density at radius 3 is 2.96 bits per heavy atom. The smallest absolute Gasteiger partial charge is 0.231 e. The van der Waals surface area contributed by atoms with E-state index in [1.165, 1.54) is 0 Å². The zero-order valence-electron chi connectivity index (χ0n) is 13.3. The summed E-state index contributed by atoms with van der Waals surface area (Å²) in [5.74, 6) is 2.44. The lowest BCUT2D eigenvalue weighted by Crippen LogP contribution is -2.17. The summed E-state index contributed by atoms with van der Waals surface area (Å²) in [5.41, 5.74) is 2.84. The van der Waals surface area contributed by atoms with Crippen molar-refractivity contribution in [2.24, 2.45) is 0 Å². The standard InChI is InChI=1S/C18H17N3O3/c1-21(10-14-4-2-6-17-18(14)23-12-22-17)11-15-8-16(20-24-15)13-5-3-7-19-9-13/h2-9H,10-12H2,1H3. The lowest BCUT2D eigenvalue weighted by molar-refractivity contribution is 0.172. The van der Waals surface area contributed by atoms with Gasteiger partial charge in [-0.2, -0.15) is 0 Å². The van der Waals surface area contributed by atoms with Crippen molar-refractivity contribution in [1.29, 1.82) is 0 Å². The summed E-state index contributed by atoms with van der Waals surface area (Å²) in [7, 11) is 2.03. The first kappa shape index (κ1) is 14.7. The monoisotopic (exact) mass is 323 g/mol. The molecule has 0 N–H and O–H groups in total. The molecular formula is C18H17N3O3. The second kappa shape index (κ2) is 6.33. The van der Waals surface area contributed by atoms with E-state index in [2.05, 4.69) is 15.0 Å². The van der Waals surface area contributed by atoms with Crippen LogP contribution in [0.4, 0.5) is 0 Å². The van der Waals surface area contributed by atoms with Gasteiger partial charge >= 0.3 is 0 Å². The molecule has 1 aromatic carbocycles. The Bertz CT molecular complexity index is 833. The highest BCUT2D eigenvalue weighted by molar-refractivity contribution is 5.57. The van der Waals surface area contributed by atoms with Gasteiger partial charge in [0.1, 0.15) is 5.69 Å². The van der Waals surface area contributed by atoms with Gasteiger partial charge in [-0.15, -0.1) is 0 Å². The SMILES string of the molecule is CN(Cc1cc(-c2cccnc2)no1)Cc1cccc2c1OCO2. The zero-order chi connectivity index (χ0) is 16.4. The maximum Gasteiger partial charge on any atom is 0.231 e. The van der Waals surface area contributed by atoms with E-state index in [0.717, 1.165) is 40.6 Å². The van der Waals surface area contributed by atoms with Gasteiger partial charge in [0.05, 0.1) is 6.54 Å². The Balaban J connectivity index is 1.45. The quantitative estimate of drug-likeness (QED) is 0.719. The highest BCUT2D eigenvalue weighted by atomic mass is 16.7. The Labute approximate surface area is 139 Å². The van der Waals surface area contributed by atoms with Crippen molar-refractivity contribution < 1.29 is 14.0 Å². The van der Waals surface area contributed by atoms with Gasteiger partial charge in [0.25, 0.3) is 0 Å². The predicted molar refractivity (Wildman–Crippen MR) is 87.5 cm³/mol. The minimum atomic E-state index is 0.284. The van der Waals surface area contributed by atoms with Crippen molar-refractivity contribution in [1.82, 2.24) is 15.0 Å². The third-order valence-electron chi connectivity index (χ3n) is 3.86. The molecule has 6 heteroatoms. The summed E-state index contributed by atoms with van der Waals surface area (Å²) in [6, 6.07) is 11.7. The number of hydrogen-bond acceptors (Lipinski definition) is 6. The fourth-order valence-electron chi connectivity index (χ4n) is 2.77. The van der Waals surface area contributed by atoms with Crippen LogP contribution in [0.15, 0.2) is 53.3 Å². The van der Waals surface area contributed by atoms with Crippen molar-refractivity contribution in [2.75, 3.05) is 13.8 Å². The highest BCUT2D eigenvalue weighted by Gasteiger charge is 2.18. The number of aromatic nitrogens is 2. The second-order valence-corrected chi connectivity index (χ2v) is 5.74. The van der Waals surface area contributed by atoms with Crippen molar-refractivity contribution in [3.05, 3.63) is 60.1 Å². The molecule has 0 saturated carbocycles. The van der Waals surface area contributed by atoms with Crippen molar-refractivity contribution in [3.63, 3.8) is 0 Å². The molecule has 24 heavy (non-hydrogen) atoms. The fraction of sp³-hybridized carbons (Fsp3) is 0.222. The molecule has 3 heterocycles. The molecule has 0 spiro atoms. The third kappa shape index (κ3) is 2.96. The number of fused-ring (bicyclic) bond motifs is 1. The molecule has 3 aromatic rings. The van der Waals surface area contributed by atoms with Crippen LogP contribution >= 0.6 is 0 Å². The topological polar surface area (TPSA) is 60.6 Å². The molecule has 6 nitrogen and oxygen atoms in total. The molecule has 122 valence electrons. The normalized spacial score (nSPS) is 12.8. The van der Waals surface area contributed by atoms with E-state index in [-0.39, 0.29) is 6.79 Å². The fourth-order valence-corrected chi connectivity index (χ4v) is 2.77. The van der Waals surface area contributed by atoms with Crippen molar-refractivity contribution >= 4 is 0 Å². The average Bonchev–Trinajstić information content (AvgIpc) is 3.25. The lowest BCUT2D eigenvalue weighted by Gasteiger charge is -2.15. The van der Waals surface area contributed by atoms with Crippen molar-refractivity contribution in [2.45, 2.75) is 13.1 Å². The Morgan fingerprint density at radius 1 is 1.12 bits per heavy atom. The van der Waals surface area contributed by atoms with E-state index in [4.69, 9.17) is 14.0 Å². The van der Waals surface area contributed by atoms with E-state index in [9.17, 15) is 0 Å². The van der Waals surface area contributed by atoms with Crippen LogP contribution in [-0.4, -0.2) is 28.9 Å². The molecule has 0 unspecified atom stereocenters. The van der Waals surface area contributed by atoms with E-state index in [1.807, 2.05) is 43.4 Å². The van der Waals surface area contributed by atoms with Crippen LogP contribution in [0.25, 0.3) is 11.3 Å². The molecule has 0 radical (unpaired) electrons. The van der Waals surface area contributed by atoms with Crippen LogP contribution in [0.2, 0.25) is 0 Å². The number of para-hydroxylation sites is 1. The second-order valence-electron chi connectivity index (χ2n) is 5.74. The predicted octanol–water partition coefficient (Wildman–Crippen LogP) is 3.10. The van der Waals surface area contributed by atoms with Gasteiger partial charge in [0.15, 0.2) is 17.3 Å².